The monoisotopic (exact) mass is 213 g/mol. The summed E-state index contributed by atoms with van der Waals surface area (Å²) in [4.78, 5) is 0. The van der Waals surface area contributed by atoms with Crippen LogP contribution >= 0.6 is 0 Å². The summed E-state index contributed by atoms with van der Waals surface area (Å²) >= 11 is 0. The number of rotatable bonds is 3. The van der Waals surface area contributed by atoms with Crippen molar-refractivity contribution in [2.24, 2.45) is 0 Å². The van der Waals surface area contributed by atoms with Crippen molar-refractivity contribution in [1.82, 2.24) is 0 Å². The quantitative estimate of drug-likeness (QED) is 0.723. The van der Waals surface area contributed by atoms with Gasteiger partial charge < -0.3 is 4.74 Å². The van der Waals surface area contributed by atoms with Gasteiger partial charge in [-0.2, -0.15) is 5.26 Å². The molecular weight excluding hydrogens is 198 g/mol. The Hall–Kier alpha value is -1.93. The number of hydrogen-bond donors (Lipinski definition) is 0. The zero-order chi connectivity index (χ0) is 11.8. The average Bonchev–Trinajstić information content (AvgIpc) is 2.31. The molecule has 2 heteroatoms. The van der Waals surface area contributed by atoms with Gasteiger partial charge in [0.1, 0.15) is 12.2 Å². The van der Waals surface area contributed by atoms with Crippen molar-refractivity contribution in [3.05, 3.63) is 35.4 Å². The van der Waals surface area contributed by atoms with Crippen LogP contribution in [0.1, 0.15) is 31.4 Å². The fraction of sp³-hybridized carbons (Fsp3) is 0.357. The van der Waals surface area contributed by atoms with E-state index in [2.05, 4.69) is 31.1 Å². The van der Waals surface area contributed by atoms with E-state index in [9.17, 15) is 0 Å². The lowest BCUT2D eigenvalue weighted by Gasteiger charge is -1.98. The van der Waals surface area contributed by atoms with Gasteiger partial charge in [-0.1, -0.05) is 25.5 Å². The van der Waals surface area contributed by atoms with Gasteiger partial charge in [-0.05, 0) is 37.0 Å². The fourth-order valence-electron chi connectivity index (χ4n) is 1.25. The van der Waals surface area contributed by atoms with Gasteiger partial charge >= 0.3 is 0 Å². The smallest absolute Gasteiger partial charge is 0.193 e. The van der Waals surface area contributed by atoms with Crippen LogP contribution in [-0.4, -0.2) is 6.10 Å². The number of nitriles is 1. The molecule has 1 unspecified atom stereocenters. The zero-order valence-corrected chi connectivity index (χ0v) is 9.66. The second kappa shape index (κ2) is 6.53. The molecule has 1 aromatic carbocycles. The van der Waals surface area contributed by atoms with Crippen molar-refractivity contribution in [3.63, 3.8) is 0 Å². The molecule has 1 rings (SSSR count). The van der Waals surface area contributed by atoms with Crippen LogP contribution in [-0.2, 0) is 11.2 Å². The van der Waals surface area contributed by atoms with Crippen molar-refractivity contribution < 1.29 is 4.74 Å². The second-order valence-electron chi connectivity index (χ2n) is 3.56. The van der Waals surface area contributed by atoms with E-state index in [4.69, 9.17) is 10.00 Å². The Morgan fingerprint density at radius 1 is 1.31 bits per heavy atom. The highest BCUT2D eigenvalue weighted by molar-refractivity contribution is 5.35. The number of ether oxygens (including phenoxy) is 1. The summed E-state index contributed by atoms with van der Waals surface area (Å²) < 4.78 is 4.95. The predicted octanol–water partition coefficient (Wildman–Crippen LogP) is 2.88. The Morgan fingerprint density at radius 2 is 2.00 bits per heavy atom. The third-order valence-corrected chi connectivity index (χ3v) is 2.11. The first-order chi connectivity index (χ1) is 7.76. The van der Waals surface area contributed by atoms with Gasteiger partial charge in [0.15, 0.2) is 6.10 Å². The van der Waals surface area contributed by atoms with Gasteiger partial charge in [-0.3, -0.25) is 0 Å². The Morgan fingerprint density at radius 3 is 2.56 bits per heavy atom. The van der Waals surface area contributed by atoms with Gasteiger partial charge in [0.25, 0.3) is 0 Å². The molecule has 0 aromatic heterocycles. The highest BCUT2D eigenvalue weighted by Gasteiger charge is 1.94. The molecule has 0 bridgehead atoms. The standard InChI is InChI=1S/C14H15NO/c1-3-4-13-5-7-14(8-6-13)9-10-16-12(2)11-15/h5-8,12H,3-4H2,1-2H3. The summed E-state index contributed by atoms with van der Waals surface area (Å²) in [6.45, 7) is 3.82. The normalized spacial score (nSPS) is 10.8. The number of benzene rings is 1. The van der Waals surface area contributed by atoms with Crippen LogP contribution in [0.5, 0.6) is 0 Å². The maximum absolute atomic E-state index is 8.48. The Balaban J connectivity index is 2.58. The summed E-state index contributed by atoms with van der Waals surface area (Å²) in [7, 11) is 0. The molecule has 0 saturated heterocycles. The van der Waals surface area contributed by atoms with E-state index in [0.29, 0.717) is 0 Å². The molecule has 0 N–H and O–H groups in total. The first-order valence-electron chi connectivity index (χ1n) is 5.41. The van der Waals surface area contributed by atoms with Crippen LogP contribution in [0.25, 0.3) is 0 Å². The van der Waals surface area contributed by atoms with Gasteiger partial charge in [0.2, 0.25) is 0 Å². The number of hydrogen-bond acceptors (Lipinski definition) is 2. The molecule has 1 atom stereocenters. The summed E-state index contributed by atoms with van der Waals surface area (Å²) in [5, 5.41) is 8.48. The van der Waals surface area contributed by atoms with Crippen molar-refractivity contribution >= 4 is 0 Å². The van der Waals surface area contributed by atoms with E-state index < -0.39 is 6.10 Å². The lowest BCUT2D eigenvalue weighted by atomic mass is 10.1. The van der Waals surface area contributed by atoms with E-state index in [1.54, 1.807) is 6.92 Å². The molecule has 2 nitrogen and oxygen atoms in total. The van der Waals surface area contributed by atoms with Crippen LogP contribution in [0.3, 0.4) is 0 Å². The Bertz CT molecular complexity index is 417. The lowest BCUT2D eigenvalue weighted by Crippen LogP contribution is -1.98. The number of nitrogens with zero attached hydrogens (tertiary/aromatic N) is 1. The zero-order valence-electron chi connectivity index (χ0n) is 9.66. The van der Waals surface area contributed by atoms with Crippen molar-refractivity contribution in [1.29, 1.82) is 5.26 Å². The van der Waals surface area contributed by atoms with Gasteiger partial charge in [-0.25, -0.2) is 0 Å². The fourth-order valence-corrected chi connectivity index (χ4v) is 1.25. The molecule has 0 aliphatic heterocycles. The SMILES string of the molecule is CCCc1ccc(C#COC(C)C#N)cc1. The highest BCUT2D eigenvalue weighted by Crippen LogP contribution is 2.05. The molecule has 0 aliphatic carbocycles. The minimum absolute atomic E-state index is 0.480. The maximum Gasteiger partial charge on any atom is 0.193 e. The van der Waals surface area contributed by atoms with Crippen LogP contribution < -0.4 is 0 Å². The third-order valence-electron chi connectivity index (χ3n) is 2.11. The first-order valence-corrected chi connectivity index (χ1v) is 5.41. The molecule has 16 heavy (non-hydrogen) atoms. The molecule has 82 valence electrons. The molecular formula is C14H15NO. The molecule has 0 aliphatic rings. The third kappa shape index (κ3) is 4.07. The number of aryl methyl sites for hydroxylation is 1. The van der Waals surface area contributed by atoms with Crippen LogP contribution in [0.4, 0.5) is 0 Å². The van der Waals surface area contributed by atoms with Gasteiger partial charge in [-0.15, -0.1) is 0 Å². The van der Waals surface area contributed by atoms with E-state index in [1.807, 2.05) is 18.2 Å². The summed E-state index contributed by atoms with van der Waals surface area (Å²) in [5.41, 5.74) is 2.23. The van der Waals surface area contributed by atoms with Crippen molar-refractivity contribution in [2.75, 3.05) is 0 Å². The van der Waals surface area contributed by atoms with E-state index >= 15 is 0 Å². The minimum Gasteiger partial charge on any atom is -0.428 e. The highest BCUT2D eigenvalue weighted by atomic mass is 16.5. The topological polar surface area (TPSA) is 33.0 Å². The predicted molar refractivity (Wildman–Crippen MR) is 63.5 cm³/mol. The maximum atomic E-state index is 8.48. The molecule has 0 heterocycles. The van der Waals surface area contributed by atoms with Crippen LogP contribution in [0.15, 0.2) is 24.3 Å². The summed E-state index contributed by atoms with van der Waals surface area (Å²) in [5.74, 6) is 2.86. The first kappa shape index (κ1) is 12.1. The summed E-state index contributed by atoms with van der Waals surface area (Å²) in [6.07, 6.45) is 4.29. The van der Waals surface area contributed by atoms with Crippen molar-refractivity contribution in [2.45, 2.75) is 32.8 Å². The van der Waals surface area contributed by atoms with Crippen molar-refractivity contribution in [3.8, 4) is 18.1 Å². The van der Waals surface area contributed by atoms with Gasteiger partial charge in [0, 0.05) is 5.56 Å². The van der Waals surface area contributed by atoms with E-state index in [1.165, 1.54) is 5.56 Å². The summed E-state index contributed by atoms with van der Waals surface area (Å²) in [6, 6.07) is 10.0. The molecule has 0 radical (unpaired) electrons. The molecule has 1 aromatic rings. The van der Waals surface area contributed by atoms with Crippen LogP contribution in [0.2, 0.25) is 0 Å². The Kier molecular flexibility index (Phi) is 4.96. The minimum atomic E-state index is -0.480. The van der Waals surface area contributed by atoms with E-state index in [0.717, 1.165) is 18.4 Å². The van der Waals surface area contributed by atoms with E-state index in [-0.39, 0.29) is 0 Å². The molecule has 0 saturated carbocycles. The lowest BCUT2D eigenvalue weighted by molar-refractivity contribution is 0.237. The molecule has 0 amide bonds. The molecule has 0 fully saturated rings. The van der Waals surface area contributed by atoms with Gasteiger partial charge in [0.05, 0.1) is 0 Å². The second-order valence-corrected chi connectivity index (χ2v) is 3.56. The average molecular weight is 213 g/mol. The van der Waals surface area contributed by atoms with Crippen LogP contribution in [0, 0.1) is 23.4 Å². The largest absolute Gasteiger partial charge is 0.428 e. The molecule has 0 spiro atoms. The Labute approximate surface area is 96.9 Å².